The van der Waals surface area contributed by atoms with E-state index in [1.807, 2.05) is 0 Å². The highest BCUT2D eigenvalue weighted by molar-refractivity contribution is 6.32. The highest BCUT2D eigenvalue weighted by Crippen LogP contribution is 2.19. The SMILES string of the molecule is NC[C@H](O)c1cc(Cl)nc(Cl)c1. The molecule has 0 amide bonds. The summed E-state index contributed by atoms with van der Waals surface area (Å²) < 4.78 is 0. The fraction of sp³-hybridized carbons (Fsp3) is 0.286. The van der Waals surface area contributed by atoms with Gasteiger partial charge in [0.05, 0.1) is 6.10 Å². The first kappa shape index (κ1) is 9.74. The molecular weight excluding hydrogens is 199 g/mol. The Labute approximate surface area is 80.1 Å². The van der Waals surface area contributed by atoms with Crippen LogP contribution in [0.5, 0.6) is 0 Å². The maximum absolute atomic E-state index is 9.31. The minimum atomic E-state index is -0.733. The monoisotopic (exact) mass is 206 g/mol. The van der Waals surface area contributed by atoms with Gasteiger partial charge in [-0.1, -0.05) is 23.2 Å². The number of hydrogen-bond acceptors (Lipinski definition) is 3. The van der Waals surface area contributed by atoms with Crippen molar-refractivity contribution in [1.82, 2.24) is 4.98 Å². The Hall–Kier alpha value is -0.350. The Balaban J connectivity index is 3.00. The van der Waals surface area contributed by atoms with Gasteiger partial charge in [-0.2, -0.15) is 0 Å². The number of halogens is 2. The van der Waals surface area contributed by atoms with Gasteiger partial charge in [-0.25, -0.2) is 4.98 Å². The second-order valence-electron chi connectivity index (χ2n) is 2.30. The van der Waals surface area contributed by atoms with Crippen molar-refractivity contribution in [2.24, 2.45) is 5.73 Å². The molecule has 0 saturated carbocycles. The summed E-state index contributed by atoms with van der Waals surface area (Å²) in [5.41, 5.74) is 5.83. The first-order valence-electron chi connectivity index (χ1n) is 3.34. The van der Waals surface area contributed by atoms with Crippen molar-refractivity contribution in [1.29, 1.82) is 0 Å². The van der Waals surface area contributed by atoms with Gasteiger partial charge in [-0.15, -0.1) is 0 Å². The molecular formula is C7H8Cl2N2O. The van der Waals surface area contributed by atoms with Crippen LogP contribution in [0, 0.1) is 0 Å². The Morgan fingerprint density at radius 1 is 1.42 bits per heavy atom. The standard InChI is InChI=1S/C7H8Cl2N2O/c8-6-1-4(5(12)3-10)2-7(9)11-6/h1-2,5,12H,3,10H2/t5-/m0/s1. The van der Waals surface area contributed by atoms with Crippen LogP contribution in [0.3, 0.4) is 0 Å². The number of nitrogens with zero attached hydrogens (tertiary/aromatic N) is 1. The molecule has 66 valence electrons. The van der Waals surface area contributed by atoms with E-state index in [4.69, 9.17) is 28.9 Å². The number of aromatic nitrogens is 1. The van der Waals surface area contributed by atoms with Gasteiger partial charge in [-0.3, -0.25) is 0 Å². The van der Waals surface area contributed by atoms with Crippen molar-refractivity contribution in [2.75, 3.05) is 6.54 Å². The molecule has 0 radical (unpaired) electrons. The van der Waals surface area contributed by atoms with Crippen molar-refractivity contribution in [2.45, 2.75) is 6.10 Å². The summed E-state index contributed by atoms with van der Waals surface area (Å²) in [6.45, 7) is 0.136. The van der Waals surface area contributed by atoms with E-state index in [2.05, 4.69) is 4.98 Å². The summed E-state index contributed by atoms with van der Waals surface area (Å²) in [6, 6.07) is 3.07. The van der Waals surface area contributed by atoms with Crippen molar-refractivity contribution in [3.05, 3.63) is 28.0 Å². The molecule has 1 heterocycles. The van der Waals surface area contributed by atoms with E-state index in [1.165, 1.54) is 12.1 Å². The molecule has 1 aromatic heterocycles. The maximum Gasteiger partial charge on any atom is 0.131 e. The second kappa shape index (κ2) is 4.05. The van der Waals surface area contributed by atoms with Crippen LogP contribution in [0.1, 0.15) is 11.7 Å². The Bertz CT molecular complexity index is 260. The third-order valence-corrected chi connectivity index (χ3v) is 1.78. The molecule has 0 aromatic carbocycles. The topological polar surface area (TPSA) is 59.1 Å². The average Bonchev–Trinajstić information content (AvgIpc) is 2.01. The lowest BCUT2D eigenvalue weighted by molar-refractivity contribution is 0.186. The van der Waals surface area contributed by atoms with Crippen molar-refractivity contribution in [3.8, 4) is 0 Å². The second-order valence-corrected chi connectivity index (χ2v) is 3.07. The van der Waals surface area contributed by atoms with Crippen LogP contribution in [0.15, 0.2) is 12.1 Å². The Kier molecular flexibility index (Phi) is 3.29. The molecule has 0 aliphatic heterocycles. The molecule has 0 fully saturated rings. The van der Waals surface area contributed by atoms with E-state index in [9.17, 15) is 5.11 Å². The minimum Gasteiger partial charge on any atom is -0.387 e. The molecule has 0 aliphatic rings. The van der Waals surface area contributed by atoms with Gasteiger partial charge in [0.25, 0.3) is 0 Å². The van der Waals surface area contributed by atoms with Gasteiger partial charge in [-0.05, 0) is 17.7 Å². The maximum atomic E-state index is 9.31. The summed E-state index contributed by atoms with van der Waals surface area (Å²) in [5, 5.41) is 9.82. The Morgan fingerprint density at radius 2 is 1.92 bits per heavy atom. The summed E-state index contributed by atoms with van der Waals surface area (Å²) in [5.74, 6) is 0. The van der Waals surface area contributed by atoms with Gasteiger partial charge >= 0.3 is 0 Å². The average molecular weight is 207 g/mol. The minimum absolute atomic E-state index is 0.136. The molecule has 0 unspecified atom stereocenters. The van der Waals surface area contributed by atoms with Crippen molar-refractivity contribution < 1.29 is 5.11 Å². The van der Waals surface area contributed by atoms with E-state index < -0.39 is 6.10 Å². The number of nitrogens with two attached hydrogens (primary N) is 1. The normalized spacial score (nSPS) is 13.0. The van der Waals surface area contributed by atoms with E-state index in [-0.39, 0.29) is 16.9 Å². The largest absolute Gasteiger partial charge is 0.387 e. The lowest BCUT2D eigenvalue weighted by Crippen LogP contribution is -2.11. The fourth-order valence-electron chi connectivity index (χ4n) is 0.812. The van der Waals surface area contributed by atoms with E-state index in [1.54, 1.807) is 0 Å². The van der Waals surface area contributed by atoms with Crippen LogP contribution in [0.2, 0.25) is 10.3 Å². The highest BCUT2D eigenvalue weighted by atomic mass is 35.5. The summed E-state index contributed by atoms with van der Waals surface area (Å²) >= 11 is 11.2. The van der Waals surface area contributed by atoms with Crippen LogP contribution in [-0.4, -0.2) is 16.6 Å². The highest BCUT2D eigenvalue weighted by Gasteiger charge is 2.07. The molecule has 3 nitrogen and oxygen atoms in total. The van der Waals surface area contributed by atoms with Gasteiger partial charge in [0, 0.05) is 6.54 Å². The fourth-order valence-corrected chi connectivity index (χ4v) is 1.29. The zero-order valence-corrected chi connectivity index (χ0v) is 7.68. The first-order valence-corrected chi connectivity index (χ1v) is 4.10. The lowest BCUT2D eigenvalue weighted by Gasteiger charge is -2.07. The van der Waals surface area contributed by atoms with E-state index >= 15 is 0 Å². The van der Waals surface area contributed by atoms with Crippen LogP contribution in [0.4, 0.5) is 0 Å². The number of aliphatic hydroxyl groups is 1. The summed E-state index contributed by atoms with van der Waals surface area (Å²) in [6.07, 6.45) is -0.733. The van der Waals surface area contributed by atoms with Crippen LogP contribution < -0.4 is 5.73 Å². The van der Waals surface area contributed by atoms with E-state index in [0.717, 1.165) is 0 Å². The van der Waals surface area contributed by atoms with Gasteiger partial charge < -0.3 is 10.8 Å². The quantitative estimate of drug-likeness (QED) is 0.720. The molecule has 0 aliphatic carbocycles. The van der Waals surface area contributed by atoms with Crippen LogP contribution >= 0.6 is 23.2 Å². The molecule has 1 rings (SSSR count). The van der Waals surface area contributed by atoms with Crippen molar-refractivity contribution >= 4 is 23.2 Å². The third kappa shape index (κ3) is 2.32. The zero-order valence-electron chi connectivity index (χ0n) is 6.17. The van der Waals surface area contributed by atoms with Crippen LogP contribution in [-0.2, 0) is 0 Å². The summed E-state index contributed by atoms with van der Waals surface area (Å²) in [4.78, 5) is 3.73. The van der Waals surface area contributed by atoms with Gasteiger partial charge in [0.15, 0.2) is 0 Å². The first-order chi connectivity index (χ1) is 5.63. The molecule has 0 saturated heterocycles. The van der Waals surface area contributed by atoms with E-state index in [0.29, 0.717) is 5.56 Å². The van der Waals surface area contributed by atoms with Gasteiger partial charge in [0.1, 0.15) is 10.3 Å². The number of hydrogen-bond donors (Lipinski definition) is 2. The molecule has 0 spiro atoms. The van der Waals surface area contributed by atoms with Gasteiger partial charge in [0.2, 0.25) is 0 Å². The molecule has 1 atom stereocenters. The molecule has 12 heavy (non-hydrogen) atoms. The van der Waals surface area contributed by atoms with Crippen molar-refractivity contribution in [3.63, 3.8) is 0 Å². The molecule has 1 aromatic rings. The number of pyridine rings is 1. The third-order valence-electron chi connectivity index (χ3n) is 1.39. The number of aliphatic hydroxyl groups excluding tert-OH is 1. The lowest BCUT2D eigenvalue weighted by atomic mass is 10.1. The smallest absolute Gasteiger partial charge is 0.131 e. The molecule has 3 N–H and O–H groups in total. The molecule has 0 bridgehead atoms. The zero-order chi connectivity index (χ0) is 9.14. The number of rotatable bonds is 2. The Morgan fingerprint density at radius 3 is 2.33 bits per heavy atom. The summed E-state index contributed by atoms with van der Waals surface area (Å²) in [7, 11) is 0. The van der Waals surface area contributed by atoms with Crippen LogP contribution in [0.25, 0.3) is 0 Å². The predicted octanol–water partition coefficient (Wildman–Crippen LogP) is 1.38. The predicted molar refractivity (Wildman–Crippen MR) is 48.3 cm³/mol. The molecule has 5 heteroatoms.